The summed E-state index contributed by atoms with van der Waals surface area (Å²) >= 11 is 0. The van der Waals surface area contributed by atoms with Crippen molar-refractivity contribution in [2.24, 2.45) is 0 Å². The number of aromatic nitrogens is 1. The predicted octanol–water partition coefficient (Wildman–Crippen LogP) is 1.69. The average molecular weight is 133 g/mol. The van der Waals surface area contributed by atoms with Gasteiger partial charge in [-0.05, 0) is 18.9 Å². The molecule has 1 aromatic rings. The SMILES string of the molecule is C#Cc1ocnc1/C=C\C. The molecule has 1 heterocycles. The maximum Gasteiger partial charge on any atom is 0.204 e. The third-order valence-electron chi connectivity index (χ3n) is 1.05. The summed E-state index contributed by atoms with van der Waals surface area (Å²) in [6, 6.07) is 0. The van der Waals surface area contributed by atoms with Crippen LogP contribution < -0.4 is 0 Å². The van der Waals surface area contributed by atoms with Crippen LogP contribution in [-0.2, 0) is 0 Å². The van der Waals surface area contributed by atoms with Gasteiger partial charge in [-0.1, -0.05) is 6.08 Å². The molecule has 0 fully saturated rings. The summed E-state index contributed by atoms with van der Waals surface area (Å²) in [6.07, 6.45) is 10.1. The molecular formula is C8H7NO. The molecule has 0 N–H and O–H groups in total. The van der Waals surface area contributed by atoms with Gasteiger partial charge in [0.15, 0.2) is 6.39 Å². The van der Waals surface area contributed by atoms with Crippen molar-refractivity contribution in [1.82, 2.24) is 4.98 Å². The van der Waals surface area contributed by atoms with Gasteiger partial charge in [0, 0.05) is 0 Å². The molecule has 0 amide bonds. The first-order valence-electron chi connectivity index (χ1n) is 2.91. The van der Waals surface area contributed by atoms with E-state index in [2.05, 4.69) is 10.9 Å². The number of oxazole rings is 1. The summed E-state index contributed by atoms with van der Waals surface area (Å²) in [4.78, 5) is 3.88. The molecule has 50 valence electrons. The summed E-state index contributed by atoms with van der Waals surface area (Å²) in [7, 11) is 0. The van der Waals surface area contributed by atoms with Crippen molar-refractivity contribution in [3.63, 3.8) is 0 Å². The minimum Gasteiger partial charge on any atom is -0.434 e. The molecule has 0 aliphatic rings. The second-order valence-corrected chi connectivity index (χ2v) is 1.71. The second-order valence-electron chi connectivity index (χ2n) is 1.71. The predicted molar refractivity (Wildman–Crippen MR) is 39.1 cm³/mol. The summed E-state index contributed by atoms with van der Waals surface area (Å²) in [5.41, 5.74) is 0.713. The standard InChI is InChI=1S/C8H7NO/c1-3-5-7-8(4-2)10-6-9-7/h2-3,5-6H,1H3/b5-3-. The second kappa shape index (κ2) is 2.88. The van der Waals surface area contributed by atoms with E-state index in [-0.39, 0.29) is 0 Å². The van der Waals surface area contributed by atoms with Crippen LogP contribution in [0.2, 0.25) is 0 Å². The van der Waals surface area contributed by atoms with Gasteiger partial charge in [-0.2, -0.15) is 0 Å². The number of rotatable bonds is 1. The van der Waals surface area contributed by atoms with Gasteiger partial charge >= 0.3 is 0 Å². The molecule has 0 saturated carbocycles. The monoisotopic (exact) mass is 133 g/mol. The lowest BCUT2D eigenvalue weighted by atomic mass is 10.3. The fourth-order valence-corrected chi connectivity index (χ4v) is 0.639. The summed E-state index contributed by atoms with van der Waals surface area (Å²) in [5, 5.41) is 0. The van der Waals surface area contributed by atoms with E-state index >= 15 is 0 Å². The Labute approximate surface area is 59.6 Å². The van der Waals surface area contributed by atoms with Crippen LogP contribution in [0.25, 0.3) is 6.08 Å². The van der Waals surface area contributed by atoms with Gasteiger partial charge in [0.05, 0.1) is 0 Å². The summed E-state index contributed by atoms with van der Waals surface area (Å²) < 4.78 is 4.87. The van der Waals surface area contributed by atoms with E-state index in [0.29, 0.717) is 11.5 Å². The van der Waals surface area contributed by atoms with Crippen LogP contribution in [-0.4, -0.2) is 4.98 Å². The van der Waals surface area contributed by atoms with Gasteiger partial charge < -0.3 is 4.42 Å². The van der Waals surface area contributed by atoms with E-state index in [1.165, 1.54) is 6.39 Å². The van der Waals surface area contributed by atoms with E-state index in [1.54, 1.807) is 6.08 Å². The topological polar surface area (TPSA) is 26.0 Å². The Morgan fingerprint density at radius 2 is 2.60 bits per heavy atom. The zero-order valence-electron chi connectivity index (χ0n) is 5.66. The minimum absolute atomic E-state index is 0.484. The van der Waals surface area contributed by atoms with Crippen LogP contribution in [0.1, 0.15) is 18.4 Å². The largest absolute Gasteiger partial charge is 0.434 e. The van der Waals surface area contributed by atoms with Crippen molar-refractivity contribution in [3.05, 3.63) is 23.9 Å². The third-order valence-corrected chi connectivity index (χ3v) is 1.05. The normalized spacial score (nSPS) is 10.0. The Bertz CT molecular complexity index is 278. The first-order valence-corrected chi connectivity index (χ1v) is 2.91. The van der Waals surface area contributed by atoms with Crippen molar-refractivity contribution in [2.75, 3.05) is 0 Å². The van der Waals surface area contributed by atoms with Gasteiger partial charge in [0.25, 0.3) is 0 Å². The Balaban J connectivity index is 3.04. The number of nitrogens with zero attached hydrogens (tertiary/aromatic N) is 1. The lowest BCUT2D eigenvalue weighted by Crippen LogP contribution is -1.73. The molecule has 0 aromatic carbocycles. The van der Waals surface area contributed by atoms with E-state index in [4.69, 9.17) is 10.8 Å². The average Bonchev–Trinajstić information content (AvgIpc) is 2.36. The number of hydrogen-bond acceptors (Lipinski definition) is 2. The molecule has 1 rings (SSSR count). The summed E-state index contributed by atoms with van der Waals surface area (Å²) in [6.45, 7) is 1.90. The van der Waals surface area contributed by atoms with Gasteiger partial charge in [-0.3, -0.25) is 0 Å². The first kappa shape index (κ1) is 6.63. The molecule has 0 saturated heterocycles. The maximum absolute atomic E-state index is 5.11. The Morgan fingerprint density at radius 1 is 1.80 bits per heavy atom. The highest BCUT2D eigenvalue weighted by atomic mass is 16.3. The number of allylic oxidation sites excluding steroid dienone is 1. The number of hydrogen-bond donors (Lipinski definition) is 0. The molecule has 10 heavy (non-hydrogen) atoms. The molecule has 2 nitrogen and oxygen atoms in total. The molecule has 0 aliphatic carbocycles. The quantitative estimate of drug-likeness (QED) is 0.545. The van der Waals surface area contributed by atoms with Gasteiger partial charge in [0.1, 0.15) is 5.69 Å². The van der Waals surface area contributed by atoms with Crippen LogP contribution in [0, 0.1) is 12.3 Å². The van der Waals surface area contributed by atoms with Crippen LogP contribution in [0.4, 0.5) is 0 Å². The molecule has 1 aromatic heterocycles. The van der Waals surface area contributed by atoms with Crippen molar-refractivity contribution in [3.8, 4) is 12.3 Å². The highest BCUT2D eigenvalue weighted by Gasteiger charge is 1.98. The fourth-order valence-electron chi connectivity index (χ4n) is 0.639. The van der Waals surface area contributed by atoms with Crippen LogP contribution in [0.15, 0.2) is 16.9 Å². The van der Waals surface area contributed by atoms with E-state index in [0.717, 1.165) is 0 Å². The summed E-state index contributed by atoms with van der Waals surface area (Å²) in [5.74, 6) is 2.86. The maximum atomic E-state index is 5.11. The molecule has 0 spiro atoms. The zero-order chi connectivity index (χ0) is 7.40. The molecule has 2 heteroatoms. The highest BCUT2D eigenvalue weighted by molar-refractivity contribution is 5.50. The Kier molecular flexibility index (Phi) is 1.91. The molecule has 0 atom stereocenters. The molecule has 0 unspecified atom stereocenters. The van der Waals surface area contributed by atoms with Crippen molar-refractivity contribution in [2.45, 2.75) is 6.92 Å². The van der Waals surface area contributed by atoms with Gasteiger partial charge in [0.2, 0.25) is 5.76 Å². The van der Waals surface area contributed by atoms with E-state index in [9.17, 15) is 0 Å². The smallest absolute Gasteiger partial charge is 0.204 e. The first-order chi connectivity index (χ1) is 4.88. The zero-order valence-corrected chi connectivity index (χ0v) is 5.66. The van der Waals surface area contributed by atoms with Crippen molar-refractivity contribution in [1.29, 1.82) is 0 Å². The van der Waals surface area contributed by atoms with Gasteiger partial charge in [-0.15, -0.1) is 6.42 Å². The Hall–Kier alpha value is -1.49. The minimum atomic E-state index is 0.484. The van der Waals surface area contributed by atoms with Crippen LogP contribution >= 0.6 is 0 Å². The lowest BCUT2D eigenvalue weighted by molar-refractivity contribution is 0.545. The van der Waals surface area contributed by atoms with Crippen LogP contribution in [0.5, 0.6) is 0 Å². The highest BCUT2D eigenvalue weighted by Crippen LogP contribution is 2.05. The fraction of sp³-hybridized carbons (Fsp3) is 0.125. The lowest BCUT2D eigenvalue weighted by Gasteiger charge is -1.80. The van der Waals surface area contributed by atoms with Crippen molar-refractivity contribution < 1.29 is 4.42 Å². The van der Waals surface area contributed by atoms with Crippen molar-refractivity contribution >= 4 is 6.08 Å². The molecule has 0 aliphatic heterocycles. The molecule has 0 radical (unpaired) electrons. The van der Waals surface area contributed by atoms with Gasteiger partial charge in [-0.25, -0.2) is 4.98 Å². The van der Waals surface area contributed by atoms with E-state index in [1.807, 2.05) is 13.0 Å². The molecular weight excluding hydrogens is 126 g/mol. The van der Waals surface area contributed by atoms with E-state index < -0.39 is 0 Å². The third kappa shape index (κ3) is 1.08. The number of terminal acetylenes is 1. The van der Waals surface area contributed by atoms with Crippen LogP contribution in [0.3, 0.4) is 0 Å². The molecule has 0 bridgehead atoms. The Morgan fingerprint density at radius 3 is 3.20 bits per heavy atom.